The number of anilines is 1. The smallest absolute Gasteiger partial charge is 0.253 e. The molecule has 20 heavy (non-hydrogen) atoms. The molecule has 110 valence electrons. The molecular formula is C15H23N3O2. The van der Waals surface area contributed by atoms with Gasteiger partial charge < -0.3 is 16.0 Å². The molecule has 0 atom stereocenters. The van der Waals surface area contributed by atoms with Crippen LogP contribution >= 0.6 is 0 Å². The van der Waals surface area contributed by atoms with Crippen molar-refractivity contribution in [3.05, 3.63) is 29.8 Å². The summed E-state index contributed by atoms with van der Waals surface area (Å²) in [7, 11) is 0. The van der Waals surface area contributed by atoms with Crippen LogP contribution in [0.15, 0.2) is 24.3 Å². The third-order valence-electron chi connectivity index (χ3n) is 3.05. The minimum absolute atomic E-state index is 0.0203. The van der Waals surface area contributed by atoms with Crippen molar-refractivity contribution in [2.24, 2.45) is 5.73 Å². The van der Waals surface area contributed by atoms with Gasteiger partial charge >= 0.3 is 0 Å². The van der Waals surface area contributed by atoms with Gasteiger partial charge in [0.2, 0.25) is 5.91 Å². The average molecular weight is 277 g/mol. The SMILES string of the molecule is CCN(CC)C(=O)c1cccc(NC(=O)CCCN)c1. The van der Waals surface area contributed by atoms with E-state index >= 15 is 0 Å². The van der Waals surface area contributed by atoms with Gasteiger partial charge in [-0.2, -0.15) is 0 Å². The molecule has 0 aliphatic carbocycles. The number of benzene rings is 1. The minimum Gasteiger partial charge on any atom is -0.339 e. The van der Waals surface area contributed by atoms with Crippen LogP contribution in [0.25, 0.3) is 0 Å². The normalized spacial score (nSPS) is 10.2. The van der Waals surface area contributed by atoms with Crippen molar-refractivity contribution in [1.82, 2.24) is 4.90 Å². The van der Waals surface area contributed by atoms with Crippen LogP contribution in [0.3, 0.4) is 0 Å². The van der Waals surface area contributed by atoms with Crippen molar-refractivity contribution >= 4 is 17.5 Å². The first-order valence-corrected chi connectivity index (χ1v) is 7.01. The second kappa shape index (κ2) is 8.32. The number of nitrogens with zero attached hydrogens (tertiary/aromatic N) is 1. The van der Waals surface area contributed by atoms with Crippen LogP contribution in [0, 0.1) is 0 Å². The van der Waals surface area contributed by atoms with Gasteiger partial charge in [0.25, 0.3) is 5.91 Å². The third kappa shape index (κ3) is 4.66. The van der Waals surface area contributed by atoms with E-state index in [4.69, 9.17) is 5.73 Å². The van der Waals surface area contributed by atoms with Crippen molar-refractivity contribution in [1.29, 1.82) is 0 Å². The highest BCUT2D eigenvalue weighted by Gasteiger charge is 2.13. The number of amides is 2. The summed E-state index contributed by atoms with van der Waals surface area (Å²) in [6.07, 6.45) is 1.05. The molecule has 0 aliphatic heterocycles. The molecule has 0 aromatic heterocycles. The van der Waals surface area contributed by atoms with E-state index in [9.17, 15) is 9.59 Å². The van der Waals surface area contributed by atoms with Gasteiger partial charge in [0, 0.05) is 30.8 Å². The van der Waals surface area contributed by atoms with E-state index in [1.54, 1.807) is 29.2 Å². The summed E-state index contributed by atoms with van der Waals surface area (Å²) in [5.41, 5.74) is 6.60. The molecule has 0 saturated heterocycles. The summed E-state index contributed by atoms with van der Waals surface area (Å²) >= 11 is 0. The molecular weight excluding hydrogens is 254 g/mol. The van der Waals surface area contributed by atoms with Crippen LogP contribution in [0.1, 0.15) is 37.0 Å². The Balaban J connectivity index is 2.75. The number of hydrogen-bond acceptors (Lipinski definition) is 3. The lowest BCUT2D eigenvalue weighted by atomic mass is 10.1. The molecule has 1 aromatic carbocycles. The molecule has 5 heteroatoms. The average Bonchev–Trinajstić information content (AvgIpc) is 2.46. The van der Waals surface area contributed by atoms with Gasteiger partial charge in [-0.1, -0.05) is 6.07 Å². The monoisotopic (exact) mass is 277 g/mol. The number of carbonyl (C=O) groups excluding carboxylic acids is 2. The molecule has 0 aliphatic rings. The van der Waals surface area contributed by atoms with E-state index in [-0.39, 0.29) is 11.8 Å². The second-order valence-corrected chi connectivity index (χ2v) is 4.50. The van der Waals surface area contributed by atoms with Crippen LogP contribution in [0.5, 0.6) is 0 Å². The first kappa shape index (κ1) is 16.2. The van der Waals surface area contributed by atoms with Gasteiger partial charge in [0.1, 0.15) is 0 Å². The maximum absolute atomic E-state index is 12.2. The van der Waals surface area contributed by atoms with Crippen molar-refractivity contribution in [2.45, 2.75) is 26.7 Å². The van der Waals surface area contributed by atoms with Crippen LogP contribution < -0.4 is 11.1 Å². The van der Waals surface area contributed by atoms with Gasteiger partial charge in [-0.3, -0.25) is 9.59 Å². The molecule has 0 spiro atoms. The lowest BCUT2D eigenvalue weighted by Gasteiger charge is -2.19. The molecule has 1 aromatic rings. The fraction of sp³-hybridized carbons (Fsp3) is 0.467. The minimum atomic E-state index is -0.0807. The Hall–Kier alpha value is -1.88. The largest absolute Gasteiger partial charge is 0.339 e. The summed E-state index contributed by atoms with van der Waals surface area (Å²) in [5, 5.41) is 2.78. The summed E-state index contributed by atoms with van der Waals surface area (Å²) < 4.78 is 0. The summed E-state index contributed by atoms with van der Waals surface area (Å²) in [5.74, 6) is -0.101. The molecule has 0 bridgehead atoms. The Bertz CT molecular complexity index is 456. The Labute approximate surface area is 120 Å². The van der Waals surface area contributed by atoms with Crippen LogP contribution in [0.4, 0.5) is 5.69 Å². The molecule has 5 nitrogen and oxygen atoms in total. The van der Waals surface area contributed by atoms with E-state index in [0.717, 1.165) is 0 Å². The maximum Gasteiger partial charge on any atom is 0.253 e. The fourth-order valence-electron chi connectivity index (χ4n) is 1.91. The van der Waals surface area contributed by atoms with Gasteiger partial charge in [-0.25, -0.2) is 0 Å². The topological polar surface area (TPSA) is 75.4 Å². The maximum atomic E-state index is 12.2. The van der Waals surface area contributed by atoms with Gasteiger partial charge in [-0.15, -0.1) is 0 Å². The van der Waals surface area contributed by atoms with Crippen molar-refractivity contribution in [2.75, 3.05) is 25.0 Å². The van der Waals surface area contributed by atoms with E-state index in [2.05, 4.69) is 5.32 Å². The molecule has 1 rings (SSSR count). The number of hydrogen-bond donors (Lipinski definition) is 2. The van der Waals surface area contributed by atoms with E-state index < -0.39 is 0 Å². The molecule has 0 radical (unpaired) electrons. The highest BCUT2D eigenvalue weighted by molar-refractivity contribution is 5.97. The summed E-state index contributed by atoms with van der Waals surface area (Å²) in [4.78, 5) is 25.6. The zero-order chi connectivity index (χ0) is 15.0. The fourth-order valence-corrected chi connectivity index (χ4v) is 1.91. The number of carbonyl (C=O) groups is 2. The lowest BCUT2D eigenvalue weighted by molar-refractivity contribution is -0.116. The number of nitrogens with two attached hydrogens (primary N) is 1. The molecule has 0 fully saturated rings. The zero-order valence-corrected chi connectivity index (χ0v) is 12.2. The summed E-state index contributed by atoms with van der Waals surface area (Å²) in [6, 6.07) is 7.02. The quantitative estimate of drug-likeness (QED) is 0.798. The highest BCUT2D eigenvalue weighted by atomic mass is 16.2. The van der Waals surface area contributed by atoms with E-state index in [0.29, 0.717) is 43.7 Å². The third-order valence-corrected chi connectivity index (χ3v) is 3.05. The standard InChI is InChI=1S/C15H23N3O2/c1-3-18(4-2)15(20)12-7-5-8-13(11-12)17-14(19)9-6-10-16/h5,7-8,11H,3-4,6,9-10,16H2,1-2H3,(H,17,19). The van der Waals surface area contributed by atoms with Gasteiger partial charge in [0.15, 0.2) is 0 Å². The van der Waals surface area contributed by atoms with Crippen molar-refractivity contribution in [3.63, 3.8) is 0 Å². The summed E-state index contributed by atoms with van der Waals surface area (Å²) in [6.45, 7) is 5.72. The predicted octanol–water partition coefficient (Wildman–Crippen LogP) is 1.85. The Morgan fingerprint density at radius 2 is 1.95 bits per heavy atom. The first-order valence-electron chi connectivity index (χ1n) is 7.01. The molecule has 3 N–H and O–H groups in total. The van der Waals surface area contributed by atoms with Gasteiger partial charge in [0.05, 0.1) is 0 Å². The lowest BCUT2D eigenvalue weighted by Crippen LogP contribution is -2.30. The predicted molar refractivity (Wildman–Crippen MR) is 80.6 cm³/mol. The number of nitrogens with one attached hydrogen (secondary N) is 1. The molecule has 0 heterocycles. The van der Waals surface area contributed by atoms with Crippen molar-refractivity contribution < 1.29 is 9.59 Å². The van der Waals surface area contributed by atoms with Crippen LogP contribution in [-0.2, 0) is 4.79 Å². The highest BCUT2D eigenvalue weighted by Crippen LogP contribution is 2.13. The van der Waals surface area contributed by atoms with E-state index in [1.165, 1.54) is 0 Å². The molecule has 0 unspecified atom stereocenters. The zero-order valence-electron chi connectivity index (χ0n) is 12.2. The molecule has 0 saturated carbocycles. The van der Waals surface area contributed by atoms with Crippen molar-refractivity contribution in [3.8, 4) is 0 Å². The Kier molecular flexibility index (Phi) is 6.73. The Morgan fingerprint density at radius 1 is 1.25 bits per heavy atom. The first-order chi connectivity index (χ1) is 9.62. The van der Waals surface area contributed by atoms with Gasteiger partial charge in [-0.05, 0) is 45.0 Å². The van der Waals surface area contributed by atoms with E-state index in [1.807, 2.05) is 13.8 Å². The molecule has 2 amide bonds. The Morgan fingerprint density at radius 3 is 2.55 bits per heavy atom. The van der Waals surface area contributed by atoms with Crippen LogP contribution in [-0.4, -0.2) is 36.3 Å². The number of rotatable bonds is 7. The van der Waals surface area contributed by atoms with Crippen LogP contribution in [0.2, 0.25) is 0 Å². The second-order valence-electron chi connectivity index (χ2n) is 4.50.